The number of hydrogen-bond acceptors (Lipinski definition) is 4. The molecule has 0 aliphatic rings. The first kappa shape index (κ1) is 12.5. The monoisotopic (exact) mass is 249 g/mol. The first-order chi connectivity index (χ1) is 9.28. The molecule has 0 radical (unpaired) electrons. The molecular weight excluding hydrogens is 238 g/mol. The second-order valence-corrected chi connectivity index (χ2v) is 3.81. The molecule has 0 unspecified atom stereocenters. The van der Waals surface area contributed by atoms with Crippen LogP contribution in [0.1, 0.15) is 11.1 Å². The number of rotatable bonds is 3. The van der Waals surface area contributed by atoms with Gasteiger partial charge in [0, 0.05) is 5.69 Å². The lowest BCUT2D eigenvalue weighted by molar-refractivity contribution is 0.416. The summed E-state index contributed by atoms with van der Waals surface area (Å²) in [6.07, 6.45) is 0. The van der Waals surface area contributed by atoms with Crippen molar-refractivity contribution in [3.63, 3.8) is 0 Å². The van der Waals surface area contributed by atoms with Crippen molar-refractivity contribution in [1.82, 2.24) is 0 Å². The number of nitriles is 2. The lowest BCUT2D eigenvalue weighted by atomic mass is 10.1. The highest BCUT2D eigenvalue weighted by atomic mass is 16.5. The number of hydrogen-bond donors (Lipinski definition) is 1. The van der Waals surface area contributed by atoms with E-state index in [-0.39, 0.29) is 0 Å². The summed E-state index contributed by atoms with van der Waals surface area (Å²) in [6, 6.07) is 16.5. The highest BCUT2D eigenvalue weighted by Gasteiger charge is 2.09. The molecule has 19 heavy (non-hydrogen) atoms. The molecule has 0 aromatic heterocycles. The van der Waals surface area contributed by atoms with Gasteiger partial charge < -0.3 is 10.1 Å². The predicted molar refractivity (Wildman–Crippen MR) is 72.1 cm³/mol. The maximum absolute atomic E-state index is 9.12. The standard InChI is InChI=1S/C15H11N3O/c1-19-14-7-3-5-12(10-17)15(14)18-13-6-2-4-11(8-13)9-16/h2-8,18H,1H3. The molecule has 2 aromatic rings. The smallest absolute Gasteiger partial charge is 0.143 e. The van der Waals surface area contributed by atoms with E-state index in [1.165, 1.54) is 0 Å². The van der Waals surface area contributed by atoms with Gasteiger partial charge in [0.25, 0.3) is 0 Å². The Labute approximate surface area is 111 Å². The number of ether oxygens (including phenoxy) is 1. The second kappa shape index (κ2) is 5.57. The third-order valence-electron chi connectivity index (χ3n) is 2.63. The van der Waals surface area contributed by atoms with Crippen molar-refractivity contribution in [1.29, 1.82) is 10.5 Å². The Bertz CT molecular complexity index is 681. The van der Waals surface area contributed by atoms with Crippen molar-refractivity contribution in [2.24, 2.45) is 0 Å². The molecule has 2 aromatic carbocycles. The SMILES string of the molecule is COc1cccc(C#N)c1Nc1cccc(C#N)c1. The van der Waals surface area contributed by atoms with Crippen LogP contribution in [-0.4, -0.2) is 7.11 Å². The minimum atomic E-state index is 0.488. The normalized spacial score (nSPS) is 9.21. The summed E-state index contributed by atoms with van der Waals surface area (Å²) in [4.78, 5) is 0. The van der Waals surface area contributed by atoms with Gasteiger partial charge in [0.2, 0.25) is 0 Å². The van der Waals surface area contributed by atoms with E-state index in [1.807, 2.05) is 6.07 Å². The molecule has 4 nitrogen and oxygen atoms in total. The van der Waals surface area contributed by atoms with E-state index >= 15 is 0 Å². The van der Waals surface area contributed by atoms with Crippen molar-refractivity contribution >= 4 is 11.4 Å². The van der Waals surface area contributed by atoms with E-state index in [2.05, 4.69) is 17.5 Å². The van der Waals surface area contributed by atoms with Crippen LogP contribution in [0.3, 0.4) is 0 Å². The van der Waals surface area contributed by atoms with Crippen LogP contribution in [0, 0.1) is 22.7 Å². The number of nitrogens with zero attached hydrogens (tertiary/aromatic N) is 2. The molecule has 0 fully saturated rings. The molecule has 0 aliphatic carbocycles. The molecule has 0 bridgehead atoms. The van der Waals surface area contributed by atoms with Gasteiger partial charge in [-0.2, -0.15) is 10.5 Å². The van der Waals surface area contributed by atoms with Gasteiger partial charge in [-0.25, -0.2) is 0 Å². The Morgan fingerprint density at radius 2 is 1.84 bits per heavy atom. The summed E-state index contributed by atoms with van der Waals surface area (Å²) in [5, 5.41) is 21.1. The van der Waals surface area contributed by atoms with Crippen LogP contribution in [0.4, 0.5) is 11.4 Å². The van der Waals surface area contributed by atoms with Crippen LogP contribution in [0.2, 0.25) is 0 Å². The van der Waals surface area contributed by atoms with Gasteiger partial charge in [-0.1, -0.05) is 12.1 Å². The van der Waals surface area contributed by atoms with E-state index in [1.54, 1.807) is 43.5 Å². The molecule has 1 N–H and O–H groups in total. The predicted octanol–water partition coefficient (Wildman–Crippen LogP) is 3.18. The van der Waals surface area contributed by atoms with Crippen LogP contribution in [0.15, 0.2) is 42.5 Å². The molecule has 0 saturated heterocycles. The van der Waals surface area contributed by atoms with E-state index in [9.17, 15) is 0 Å². The fourth-order valence-electron chi connectivity index (χ4n) is 1.73. The summed E-state index contributed by atoms with van der Waals surface area (Å²) in [5.74, 6) is 0.585. The third kappa shape index (κ3) is 2.65. The van der Waals surface area contributed by atoms with Crippen LogP contribution in [-0.2, 0) is 0 Å². The highest BCUT2D eigenvalue weighted by molar-refractivity contribution is 5.73. The maximum Gasteiger partial charge on any atom is 0.143 e. The maximum atomic E-state index is 9.12. The average Bonchev–Trinajstić information content (AvgIpc) is 2.47. The van der Waals surface area contributed by atoms with Crippen LogP contribution in [0.25, 0.3) is 0 Å². The minimum absolute atomic E-state index is 0.488. The Kier molecular flexibility index (Phi) is 3.66. The number of methoxy groups -OCH3 is 1. The summed E-state index contributed by atoms with van der Waals surface area (Å²) in [7, 11) is 1.55. The molecule has 0 heterocycles. The van der Waals surface area contributed by atoms with Gasteiger partial charge in [-0.3, -0.25) is 0 Å². The molecule has 0 aliphatic heterocycles. The van der Waals surface area contributed by atoms with Crippen LogP contribution < -0.4 is 10.1 Å². The number of anilines is 2. The first-order valence-electron chi connectivity index (χ1n) is 5.62. The zero-order valence-electron chi connectivity index (χ0n) is 10.3. The number of para-hydroxylation sites is 1. The molecule has 0 atom stereocenters. The Balaban J connectivity index is 2.43. The first-order valence-corrected chi connectivity index (χ1v) is 5.62. The van der Waals surface area contributed by atoms with Crippen molar-refractivity contribution in [3.8, 4) is 17.9 Å². The molecule has 0 spiro atoms. The van der Waals surface area contributed by atoms with Crippen molar-refractivity contribution < 1.29 is 4.74 Å². The molecule has 92 valence electrons. The lowest BCUT2D eigenvalue weighted by Crippen LogP contribution is -1.97. The topological polar surface area (TPSA) is 68.8 Å². The average molecular weight is 249 g/mol. The molecular formula is C15H11N3O. The van der Waals surface area contributed by atoms with E-state index < -0.39 is 0 Å². The minimum Gasteiger partial charge on any atom is -0.495 e. The van der Waals surface area contributed by atoms with Gasteiger partial charge in [0.05, 0.1) is 30.0 Å². The molecule has 0 amide bonds. The third-order valence-corrected chi connectivity index (χ3v) is 2.63. The second-order valence-electron chi connectivity index (χ2n) is 3.81. The van der Waals surface area contributed by atoms with E-state index in [4.69, 9.17) is 15.3 Å². The van der Waals surface area contributed by atoms with Crippen molar-refractivity contribution in [2.45, 2.75) is 0 Å². The summed E-state index contributed by atoms with van der Waals surface area (Å²) >= 11 is 0. The zero-order valence-corrected chi connectivity index (χ0v) is 10.3. The summed E-state index contributed by atoms with van der Waals surface area (Å²) < 4.78 is 5.24. The largest absolute Gasteiger partial charge is 0.495 e. The van der Waals surface area contributed by atoms with Gasteiger partial charge in [-0.15, -0.1) is 0 Å². The fraction of sp³-hybridized carbons (Fsp3) is 0.0667. The molecule has 4 heteroatoms. The van der Waals surface area contributed by atoms with Crippen LogP contribution >= 0.6 is 0 Å². The fourth-order valence-corrected chi connectivity index (χ4v) is 1.73. The number of nitrogens with one attached hydrogen (secondary N) is 1. The van der Waals surface area contributed by atoms with Crippen molar-refractivity contribution in [2.75, 3.05) is 12.4 Å². The Morgan fingerprint density at radius 1 is 1.05 bits per heavy atom. The number of benzene rings is 2. The highest BCUT2D eigenvalue weighted by Crippen LogP contribution is 2.31. The van der Waals surface area contributed by atoms with E-state index in [0.717, 1.165) is 5.69 Å². The lowest BCUT2D eigenvalue weighted by Gasteiger charge is -2.12. The van der Waals surface area contributed by atoms with Gasteiger partial charge >= 0.3 is 0 Å². The van der Waals surface area contributed by atoms with Gasteiger partial charge in [0.15, 0.2) is 0 Å². The van der Waals surface area contributed by atoms with E-state index in [0.29, 0.717) is 22.6 Å². The van der Waals surface area contributed by atoms with Crippen LogP contribution in [0.5, 0.6) is 5.75 Å². The zero-order chi connectivity index (χ0) is 13.7. The van der Waals surface area contributed by atoms with Crippen molar-refractivity contribution in [3.05, 3.63) is 53.6 Å². The summed E-state index contributed by atoms with van der Waals surface area (Å²) in [6.45, 7) is 0. The quantitative estimate of drug-likeness (QED) is 0.907. The molecule has 0 saturated carbocycles. The van der Waals surface area contributed by atoms with Gasteiger partial charge in [-0.05, 0) is 30.3 Å². The van der Waals surface area contributed by atoms with Gasteiger partial charge in [0.1, 0.15) is 11.8 Å². The Hall–Kier alpha value is -2.98. The Morgan fingerprint density at radius 3 is 2.53 bits per heavy atom. The molecule has 2 rings (SSSR count). The summed E-state index contributed by atoms with van der Waals surface area (Å²) in [5.41, 5.74) is 2.38.